The lowest BCUT2D eigenvalue weighted by Crippen LogP contribution is -2.58. The van der Waals surface area contributed by atoms with E-state index in [1.807, 2.05) is 44.9 Å². The van der Waals surface area contributed by atoms with Crippen molar-refractivity contribution in [1.82, 2.24) is 5.32 Å². The highest BCUT2D eigenvalue weighted by molar-refractivity contribution is 5.79. The number of nitrogens with zero attached hydrogens (tertiary/aromatic N) is 1. The SMILES string of the molecule is Cc1ccc(N(C)CC(C)(NC(C)C)C(=O)O)c(C)c1. The van der Waals surface area contributed by atoms with E-state index in [1.54, 1.807) is 6.92 Å². The summed E-state index contributed by atoms with van der Waals surface area (Å²) in [6.45, 7) is 10.2. The molecule has 112 valence electrons. The zero-order chi connectivity index (χ0) is 15.5. The van der Waals surface area contributed by atoms with E-state index in [2.05, 4.69) is 18.3 Å². The Morgan fingerprint density at radius 3 is 2.45 bits per heavy atom. The lowest BCUT2D eigenvalue weighted by Gasteiger charge is -2.34. The zero-order valence-electron chi connectivity index (χ0n) is 13.3. The predicted molar refractivity (Wildman–Crippen MR) is 83.5 cm³/mol. The van der Waals surface area contributed by atoms with Gasteiger partial charge in [0, 0.05) is 25.3 Å². The third-order valence-electron chi connectivity index (χ3n) is 3.40. The fourth-order valence-corrected chi connectivity index (χ4v) is 2.61. The van der Waals surface area contributed by atoms with Crippen LogP contribution in [0.4, 0.5) is 5.69 Å². The van der Waals surface area contributed by atoms with E-state index in [1.165, 1.54) is 5.56 Å². The number of hydrogen-bond donors (Lipinski definition) is 2. The normalized spacial score (nSPS) is 14.2. The Kier molecular flexibility index (Phi) is 5.17. The zero-order valence-corrected chi connectivity index (χ0v) is 13.3. The molecular weight excluding hydrogens is 252 g/mol. The topological polar surface area (TPSA) is 52.6 Å². The molecule has 0 heterocycles. The smallest absolute Gasteiger partial charge is 0.325 e. The van der Waals surface area contributed by atoms with E-state index in [0.29, 0.717) is 6.54 Å². The van der Waals surface area contributed by atoms with Gasteiger partial charge in [0.1, 0.15) is 5.54 Å². The van der Waals surface area contributed by atoms with Crippen molar-refractivity contribution in [3.63, 3.8) is 0 Å². The molecule has 0 saturated heterocycles. The van der Waals surface area contributed by atoms with Crippen LogP contribution in [-0.4, -0.2) is 36.2 Å². The monoisotopic (exact) mass is 278 g/mol. The van der Waals surface area contributed by atoms with Crippen molar-refractivity contribution in [2.24, 2.45) is 0 Å². The number of likely N-dealkylation sites (N-methyl/N-ethyl adjacent to an activating group) is 1. The number of rotatable bonds is 6. The van der Waals surface area contributed by atoms with Gasteiger partial charge in [-0.25, -0.2) is 0 Å². The van der Waals surface area contributed by atoms with Crippen molar-refractivity contribution in [3.8, 4) is 0 Å². The lowest BCUT2D eigenvalue weighted by molar-refractivity contribution is -0.144. The van der Waals surface area contributed by atoms with Crippen LogP contribution in [0.3, 0.4) is 0 Å². The highest BCUT2D eigenvalue weighted by Crippen LogP contribution is 2.22. The molecule has 1 atom stereocenters. The molecule has 4 heteroatoms. The fraction of sp³-hybridized carbons (Fsp3) is 0.562. The summed E-state index contributed by atoms with van der Waals surface area (Å²) in [7, 11) is 1.93. The Labute approximate surface area is 121 Å². The molecule has 0 amide bonds. The highest BCUT2D eigenvalue weighted by Gasteiger charge is 2.35. The summed E-state index contributed by atoms with van der Waals surface area (Å²) >= 11 is 0. The van der Waals surface area contributed by atoms with Crippen LogP contribution >= 0.6 is 0 Å². The van der Waals surface area contributed by atoms with E-state index < -0.39 is 11.5 Å². The van der Waals surface area contributed by atoms with Crippen LogP contribution in [0.2, 0.25) is 0 Å². The Morgan fingerprint density at radius 2 is 2.00 bits per heavy atom. The number of aliphatic carboxylic acids is 1. The largest absolute Gasteiger partial charge is 0.480 e. The van der Waals surface area contributed by atoms with Crippen LogP contribution < -0.4 is 10.2 Å². The molecule has 1 aromatic carbocycles. The molecule has 1 aromatic rings. The number of nitrogens with one attached hydrogen (secondary N) is 1. The summed E-state index contributed by atoms with van der Waals surface area (Å²) in [4.78, 5) is 13.6. The van der Waals surface area contributed by atoms with Crippen molar-refractivity contribution < 1.29 is 9.90 Å². The standard InChI is InChI=1S/C16H26N2O2/c1-11(2)17-16(5,15(19)20)10-18(6)14-8-7-12(3)9-13(14)4/h7-9,11,17H,10H2,1-6H3,(H,19,20). The second-order valence-electron chi connectivity index (χ2n) is 6.08. The number of hydrogen-bond acceptors (Lipinski definition) is 3. The van der Waals surface area contributed by atoms with Gasteiger partial charge in [-0.1, -0.05) is 17.7 Å². The molecule has 2 N–H and O–H groups in total. The highest BCUT2D eigenvalue weighted by atomic mass is 16.4. The minimum atomic E-state index is -0.972. The van der Waals surface area contributed by atoms with Crippen LogP contribution in [-0.2, 0) is 4.79 Å². The Balaban J connectivity index is 2.96. The summed E-state index contributed by atoms with van der Waals surface area (Å²) in [6.07, 6.45) is 0. The van der Waals surface area contributed by atoms with Crippen LogP contribution in [0.25, 0.3) is 0 Å². The summed E-state index contributed by atoms with van der Waals surface area (Å²) in [6, 6.07) is 6.32. The number of carbonyl (C=O) groups is 1. The molecule has 1 rings (SSSR count). The van der Waals surface area contributed by atoms with Gasteiger partial charge in [0.05, 0.1) is 0 Å². The molecule has 1 unspecified atom stereocenters. The fourth-order valence-electron chi connectivity index (χ4n) is 2.61. The number of carboxylic acids is 1. The average Bonchev–Trinajstić information content (AvgIpc) is 2.26. The van der Waals surface area contributed by atoms with Gasteiger partial charge < -0.3 is 10.0 Å². The Bertz CT molecular complexity index is 485. The summed E-state index contributed by atoms with van der Waals surface area (Å²) < 4.78 is 0. The van der Waals surface area contributed by atoms with Crippen molar-refractivity contribution in [1.29, 1.82) is 0 Å². The molecule has 0 aliphatic heterocycles. The lowest BCUT2D eigenvalue weighted by atomic mass is 9.99. The van der Waals surface area contributed by atoms with E-state index in [4.69, 9.17) is 0 Å². The van der Waals surface area contributed by atoms with Crippen molar-refractivity contribution in [3.05, 3.63) is 29.3 Å². The molecule has 0 aliphatic rings. The van der Waals surface area contributed by atoms with Gasteiger partial charge in [0.2, 0.25) is 0 Å². The predicted octanol–water partition coefficient (Wildman–Crippen LogP) is 2.58. The van der Waals surface area contributed by atoms with E-state index >= 15 is 0 Å². The van der Waals surface area contributed by atoms with Crippen LogP contribution in [0.1, 0.15) is 31.9 Å². The van der Waals surface area contributed by atoms with Gasteiger partial charge in [0.15, 0.2) is 0 Å². The Hall–Kier alpha value is -1.55. The van der Waals surface area contributed by atoms with E-state index in [-0.39, 0.29) is 6.04 Å². The Morgan fingerprint density at radius 1 is 1.40 bits per heavy atom. The molecule has 0 spiro atoms. The quantitative estimate of drug-likeness (QED) is 0.840. The summed E-state index contributed by atoms with van der Waals surface area (Å²) in [5.74, 6) is -0.831. The number of benzene rings is 1. The number of aryl methyl sites for hydroxylation is 2. The van der Waals surface area contributed by atoms with Gasteiger partial charge in [-0.15, -0.1) is 0 Å². The molecular formula is C16H26N2O2. The first kappa shape index (κ1) is 16.5. The molecule has 0 aliphatic carbocycles. The van der Waals surface area contributed by atoms with Crippen LogP contribution in [0, 0.1) is 13.8 Å². The maximum atomic E-state index is 11.6. The van der Waals surface area contributed by atoms with Crippen molar-refractivity contribution in [2.45, 2.75) is 46.2 Å². The minimum absolute atomic E-state index is 0.114. The van der Waals surface area contributed by atoms with Gasteiger partial charge in [-0.2, -0.15) is 0 Å². The van der Waals surface area contributed by atoms with Crippen molar-refractivity contribution in [2.75, 3.05) is 18.5 Å². The third-order valence-corrected chi connectivity index (χ3v) is 3.40. The van der Waals surface area contributed by atoms with Gasteiger partial charge in [-0.3, -0.25) is 10.1 Å². The number of anilines is 1. The minimum Gasteiger partial charge on any atom is -0.480 e. The first-order chi connectivity index (χ1) is 9.15. The molecule has 0 bridgehead atoms. The second kappa shape index (κ2) is 6.27. The van der Waals surface area contributed by atoms with Crippen LogP contribution in [0.15, 0.2) is 18.2 Å². The van der Waals surface area contributed by atoms with E-state index in [0.717, 1.165) is 11.3 Å². The van der Waals surface area contributed by atoms with Gasteiger partial charge in [0.25, 0.3) is 0 Å². The first-order valence-electron chi connectivity index (χ1n) is 6.95. The second-order valence-corrected chi connectivity index (χ2v) is 6.08. The maximum Gasteiger partial charge on any atom is 0.325 e. The number of carboxylic acid groups (broad SMARTS) is 1. The van der Waals surface area contributed by atoms with Gasteiger partial charge in [-0.05, 0) is 46.2 Å². The molecule has 4 nitrogen and oxygen atoms in total. The van der Waals surface area contributed by atoms with Crippen molar-refractivity contribution >= 4 is 11.7 Å². The molecule has 0 radical (unpaired) electrons. The molecule has 20 heavy (non-hydrogen) atoms. The van der Waals surface area contributed by atoms with E-state index in [9.17, 15) is 9.90 Å². The first-order valence-corrected chi connectivity index (χ1v) is 6.95. The third kappa shape index (κ3) is 3.97. The molecule has 0 aromatic heterocycles. The summed E-state index contributed by atoms with van der Waals surface area (Å²) in [5, 5.41) is 12.6. The molecule has 0 fully saturated rings. The maximum absolute atomic E-state index is 11.6. The van der Waals surface area contributed by atoms with Gasteiger partial charge >= 0.3 is 5.97 Å². The molecule has 0 saturated carbocycles. The average molecular weight is 278 g/mol. The van der Waals surface area contributed by atoms with Crippen LogP contribution in [0.5, 0.6) is 0 Å². The summed E-state index contributed by atoms with van der Waals surface area (Å²) in [5.41, 5.74) is 2.46.